The monoisotopic (exact) mass is 213 g/mol. The van der Waals surface area contributed by atoms with Crippen LogP contribution in [0.15, 0.2) is 0 Å². The minimum Gasteiger partial charge on any atom is -0.356 e. The van der Waals surface area contributed by atoms with Gasteiger partial charge in [-0.1, -0.05) is 6.92 Å². The number of hydrogen-bond acceptors (Lipinski definition) is 3. The van der Waals surface area contributed by atoms with Crippen molar-refractivity contribution in [2.75, 3.05) is 26.2 Å². The first kappa shape index (κ1) is 12.5. The Morgan fingerprint density at radius 1 is 1.47 bits per heavy atom. The van der Waals surface area contributed by atoms with Gasteiger partial charge in [-0.25, -0.2) is 0 Å². The van der Waals surface area contributed by atoms with Gasteiger partial charge in [-0.2, -0.15) is 0 Å². The summed E-state index contributed by atoms with van der Waals surface area (Å²) < 4.78 is 0. The fraction of sp³-hybridized carbons (Fsp3) is 0.909. The van der Waals surface area contributed by atoms with Gasteiger partial charge in [-0.05, 0) is 45.3 Å². The van der Waals surface area contributed by atoms with E-state index in [2.05, 4.69) is 17.6 Å². The largest absolute Gasteiger partial charge is 0.356 e. The first-order valence-corrected chi connectivity index (χ1v) is 5.94. The number of piperidine rings is 1. The second-order valence-electron chi connectivity index (χ2n) is 4.28. The van der Waals surface area contributed by atoms with E-state index in [-0.39, 0.29) is 11.3 Å². The Hall–Kier alpha value is -0.610. The van der Waals surface area contributed by atoms with Crippen LogP contribution in [0.3, 0.4) is 0 Å². The highest BCUT2D eigenvalue weighted by Gasteiger charge is 2.37. The van der Waals surface area contributed by atoms with E-state index in [0.29, 0.717) is 13.1 Å². The first-order valence-electron chi connectivity index (χ1n) is 5.94. The van der Waals surface area contributed by atoms with Crippen LogP contribution in [0, 0.1) is 5.41 Å². The van der Waals surface area contributed by atoms with Crippen LogP contribution < -0.4 is 16.4 Å². The normalized spacial score (nSPS) is 19.9. The summed E-state index contributed by atoms with van der Waals surface area (Å²) in [5, 5.41) is 6.29. The zero-order valence-corrected chi connectivity index (χ0v) is 9.64. The summed E-state index contributed by atoms with van der Waals surface area (Å²) in [7, 11) is 0. The summed E-state index contributed by atoms with van der Waals surface area (Å²) in [4.78, 5) is 12.0. The summed E-state index contributed by atoms with van der Waals surface area (Å²) in [5.41, 5.74) is 5.27. The van der Waals surface area contributed by atoms with Gasteiger partial charge in [-0.3, -0.25) is 4.79 Å². The van der Waals surface area contributed by atoms with E-state index in [4.69, 9.17) is 5.73 Å². The third-order valence-electron chi connectivity index (χ3n) is 3.39. The van der Waals surface area contributed by atoms with Crippen molar-refractivity contribution in [1.29, 1.82) is 0 Å². The predicted octanol–water partition coefficient (Wildman–Crippen LogP) is 0.231. The van der Waals surface area contributed by atoms with Crippen molar-refractivity contribution in [3.63, 3.8) is 0 Å². The topological polar surface area (TPSA) is 67.2 Å². The standard InChI is InChI=1S/C11H23N3O/c1-2-11(4-8-13-9-5-11)10(15)14-7-3-6-12/h13H,2-9,12H2,1H3,(H,14,15). The minimum absolute atomic E-state index is 0.125. The molecule has 15 heavy (non-hydrogen) atoms. The molecule has 0 aliphatic carbocycles. The SMILES string of the molecule is CCC1(C(=O)NCCCN)CCNCC1. The van der Waals surface area contributed by atoms with Gasteiger partial charge in [0.2, 0.25) is 5.91 Å². The van der Waals surface area contributed by atoms with Gasteiger partial charge < -0.3 is 16.4 Å². The Morgan fingerprint density at radius 3 is 2.67 bits per heavy atom. The van der Waals surface area contributed by atoms with E-state index >= 15 is 0 Å². The Labute approximate surface area is 92.0 Å². The summed E-state index contributed by atoms with van der Waals surface area (Å²) in [6.07, 6.45) is 3.71. The second-order valence-corrected chi connectivity index (χ2v) is 4.28. The molecular weight excluding hydrogens is 190 g/mol. The lowest BCUT2D eigenvalue weighted by atomic mass is 9.76. The second kappa shape index (κ2) is 6.08. The minimum atomic E-state index is -0.125. The lowest BCUT2D eigenvalue weighted by Gasteiger charge is -2.35. The molecule has 1 aliphatic heterocycles. The van der Waals surface area contributed by atoms with Crippen LogP contribution in [0.25, 0.3) is 0 Å². The molecule has 0 radical (unpaired) electrons. The molecule has 1 amide bonds. The maximum absolute atomic E-state index is 12.0. The van der Waals surface area contributed by atoms with Gasteiger partial charge in [0.15, 0.2) is 0 Å². The fourth-order valence-corrected chi connectivity index (χ4v) is 2.14. The number of rotatable bonds is 5. The van der Waals surface area contributed by atoms with Gasteiger partial charge in [0.1, 0.15) is 0 Å². The number of amides is 1. The molecule has 0 unspecified atom stereocenters. The summed E-state index contributed by atoms with van der Waals surface area (Å²) in [6.45, 7) is 5.37. The molecule has 0 aromatic rings. The molecule has 0 saturated carbocycles. The molecule has 0 atom stereocenters. The van der Waals surface area contributed by atoms with E-state index < -0.39 is 0 Å². The molecule has 4 heteroatoms. The fourth-order valence-electron chi connectivity index (χ4n) is 2.14. The molecule has 1 rings (SSSR count). The summed E-state index contributed by atoms with van der Waals surface area (Å²) in [5.74, 6) is 0.222. The van der Waals surface area contributed by atoms with Crippen LogP contribution in [0.2, 0.25) is 0 Å². The van der Waals surface area contributed by atoms with Crippen molar-refractivity contribution in [1.82, 2.24) is 10.6 Å². The van der Waals surface area contributed by atoms with E-state index in [1.807, 2.05) is 0 Å². The molecule has 1 aliphatic rings. The Morgan fingerprint density at radius 2 is 2.13 bits per heavy atom. The Bertz CT molecular complexity index is 200. The highest BCUT2D eigenvalue weighted by molar-refractivity contribution is 5.82. The van der Waals surface area contributed by atoms with Gasteiger partial charge in [0, 0.05) is 6.54 Å². The quantitative estimate of drug-likeness (QED) is 0.573. The molecule has 1 heterocycles. The van der Waals surface area contributed by atoms with E-state index in [1.165, 1.54) is 0 Å². The van der Waals surface area contributed by atoms with Crippen molar-refractivity contribution in [2.45, 2.75) is 32.6 Å². The Balaban J connectivity index is 2.45. The lowest BCUT2D eigenvalue weighted by Crippen LogP contribution is -2.47. The van der Waals surface area contributed by atoms with E-state index in [0.717, 1.165) is 38.8 Å². The maximum Gasteiger partial charge on any atom is 0.226 e. The van der Waals surface area contributed by atoms with Crippen LogP contribution >= 0.6 is 0 Å². The van der Waals surface area contributed by atoms with Crippen LogP contribution in [0.1, 0.15) is 32.6 Å². The number of hydrogen-bond donors (Lipinski definition) is 3. The number of nitrogens with two attached hydrogens (primary N) is 1. The van der Waals surface area contributed by atoms with Gasteiger partial charge >= 0.3 is 0 Å². The van der Waals surface area contributed by atoms with E-state index in [1.54, 1.807) is 0 Å². The number of carbonyl (C=O) groups excluding carboxylic acids is 1. The average Bonchev–Trinajstić information content (AvgIpc) is 2.30. The molecule has 1 saturated heterocycles. The van der Waals surface area contributed by atoms with Crippen molar-refractivity contribution in [3.8, 4) is 0 Å². The summed E-state index contributed by atoms with van der Waals surface area (Å²) in [6, 6.07) is 0. The molecular formula is C11H23N3O. The highest BCUT2D eigenvalue weighted by atomic mass is 16.2. The first-order chi connectivity index (χ1) is 7.25. The van der Waals surface area contributed by atoms with Crippen LogP contribution in [0.4, 0.5) is 0 Å². The van der Waals surface area contributed by atoms with Crippen molar-refractivity contribution in [3.05, 3.63) is 0 Å². The third-order valence-corrected chi connectivity index (χ3v) is 3.39. The van der Waals surface area contributed by atoms with Gasteiger partial charge in [0.05, 0.1) is 5.41 Å². The number of nitrogens with one attached hydrogen (secondary N) is 2. The van der Waals surface area contributed by atoms with E-state index in [9.17, 15) is 4.79 Å². The molecule has 0 bridgehead atoms. The summed E-state index contributed by atoms with van der Waals surface area (Å²) >= 11 is 0. The average molecular weight is 213 g/mol. The molecule has 4 N–H and O–H groups in total. The predicted molar refractivity (Wildman–Crippen MR) is 61.5 cm³/mol. The molecule has 1 fully saturated rings. The van der Waals surface area contributed by atoms with Crippen LogP contribution in [0.5, 0.6) is 0 Å². The van der Waals surface area contributed by atoms with Crippen molar-refractivity contribution >= 4 is 5.91 Å². The van der Waals surface area contributed by atoms with Gasteiger partial charge in [-0.15, -0.1) is 0 Å². The maximum atomic E-state index is 12.0. The molecule has 88 valence electrons. The van der Waals surface area contributed by atoms with Crippen molar-refractivity contribution in [2.24, 2.45) is 11.1 Å². The molecule has 0 spiro atoms. The zero-order valence-electron chi connectivity index (χ0n) is 9.64. The molecule has 4 nitrogen and oxygen atoms in total. The lowest BCUT2D eigenvalue weighted by molar-refractivity contribution is -0.132. The van der Waals surface area contributed by atoms with Crippen LogP contribution in [-0.4, -0.2) is 32.1 Å². The Kier molecular flexibility index (Phi) is 5.05. The van der Waals surface area contributed by atoms with Crippen molar-refractivity contribution < 1.29 is 4.79 Å². The number of carbonyl (C=O) groups is 1. The highest BCUT2D eigenvalue weighted by Crippen LogP contribution is 2.32. The molecule has 0 aromatic heterocycles. The smallest absolute Gasteiger partial charge is 0.226 e. The van der Waals surface area contributed by atoms with Gasteiger partial charge in [0.25, 0.3) is 0 Å². The third kappa shape index (κ3) is 3.18. The zero-order chi connectivity index (χ0) is 11.1. The van der Waals surface area contributed by atoms with Crippen LogP contribution in [-0.2, 0) is 4.79 Å². The molecule has 0 aromatic carbocycles.